The van der Waals surface area contributed by atoms with E-state index in [-0.39, 0.29) is 0 Å². The number of likely N-dealkylation sites (tertiary alicyclic amines) is 1. The number of ether oxygens (including phenoxy) is 1. The minimum atomic E-state index is 0.347. The lowest BCUT2D eigenvalue weighted by molar-refractivity contribution is 0.124. The molecule has 0 radical (unpaired) electrons. The van der Waals surface area contributed by atoms with Gasteiger partial charge in [-0.2, -0.15) is 0 Å². The Morgan fingerprint density at radius 3 is 2.68 bits per heavy atom. The van der Waals surface area contributed by atoms with Gasteiger partial charge >= 0.3 is 0 Å². The number of hydrogen-bond donors (Lipinski definition) is 1. The molecule has 0 amide bonds. The fourth-order valence-corrected chi connectivity index (χ4v) is 3.04. The van der Waals surface area contributed by atoms with Crippen molar-refractivity contribution in [1.29, 1.82) is 0 Å². The molecule has 1 fully saturated rings. The second-order valence-corrected chi connectivity index (χ2v) is 5.44. The van der Waals surface area contributed by atoms with Crippen molar-refractivity contribution >= 4 is 0 Å². The molecule has 0 saturated carbocycles. The van der Waals surface area contributed by atoms with Crippen LogP contribution >= 0.6 is 0 Å². The van der Waals surface area contributed by atoms with Crippen LogP contribution in [0.25, 0.3) is 0 Å². The summed E-state index contributed by atoms with van der Waals surface area (Å²) in [5, 5.41) is 0. The highest BCUT2D eigenvalue weighted by Crippen LogP contribution is 2.28. The molecule has 0 bridgehead atoms. The maximum atomic E-state index is 6.02. The Balaban J connectivity index is 2.09. The van der Waals surface area contributed by atoms with E-state index >= 15 is 0 Å². The first-order valence-corrected chi connectivity index (χ1v) is 7.36. The van der Waals surface area contributed by atoms with Crippen LogP contribution in [0.5, 0.6) is 5.75 Å². The van der Waals surface area contributed by atoms with Crippen LogP contribution < -0.4 is 10.5 Å². The number of benzene rings is 1. The zero-order valence-electron chi connectivity index (χ0n) is 12.1. The maximum Gasteiger partial charge on any atom is 0.118 e. The summed E-state index contributed by atoms with van der Waals surface area (Å²) >= 11 is 0. The molecule has 1 aliphatic heterocycles. The molecule has 106 valence electrons. The summed E-state index contributed by atoms with van der Waals surface area (Å²) in [6.07, 6.45) is 3.94. The van der Waals surface area contributed by atoms with Crippen LogP contribution in [0.2, 0.25) is 0 Å². The first kappa shape index (κ1) is 14.4. The SMILES string of the molecule is CCC1CCCN(C(CN)c2ccc(OC)cc2)C1. The zero-order chi connectivity index (χ0) is 13.7. The molecule has 2 atom stereocenters. The van der Waals surface area contributed by atoms with Crippen LogP contribution in [0, 0.1) is 5.92 Å². The monoisotopic (exact) mass is 262 g/mol. The van der Waals surface area contributed by atoms with Crippen LogP contribution in [0.15, 0.2) is 24.3 Å². The first-order chi connectivity index (χ1) is 9.28. The summed E-state index contributed by atoms with van der Waals surface area (Å²) in [6, 6.07) is 8.69. The zero-order valence-corrected chi connectivity index (χ0v) is 12.1. The molecule has 1 heterocycles. The number of hydrogen-bond acceptors (Lipinski definition) is 3. The van der Waals surface area contributed by atoms with Gasteiger partial charge in [0.2, 0.25) is 0 Å². The quantitative estimate of drug-likeness (QED) is 0.887. The average Bonchev–Trinajstić information content (AvgIpc) is 2.49. The van der Waals surface area contributed by atoms with Gasteiger partial charge in [0.1, 0.15) is 5.75 Å². The second kappa shape index (κ2) is 6.92. The van der Waals surface area contributed by atoms with Gasteiger partial charge in [0.25, 0.3) is 0 Å². The van der Waals surface area contributed by atoms with Gasteiger partial charge < -0.3 is 10.5 Å². The predicted molar refractivity (Wildman–Crippen MR) is 79.4 cm³/mol. The van der Waals surface area contributed by atoms with Crippen LogP contribution in [0.3, 0.4) is 0 Å². The topological polar surface area (TPSA) is 38.5 Å². The van der Waals surface area contributed by atoms with Crippen LogP contribution in [-0.4, -0.2) is 31.6 Å². The largest absolute Gasteiger partial charge is 0.497 e. The van der Waals surface area contributed by atoms with Gasteiger partial charge in [-0.15, -0.1) is 0 Å². The van der Waals surface area contributed by atoms with E-state index in [1.54, 1.807) is 7.11 Å². The van der Waals surface area contributed by atoms with Crippen LogP contribution in [-0.2, 0) is 0 Å². The van der Waals surface area contributed by atoms with E-state index in [1.165, 1.54) is 37.9 Å². The van der Waals surface area contributed by atoms with Gasteiger partial charge in [0.15, 0.2) is 0 Å². The Labute approximate surface area is 116 Å². The lowest BCUT2D eigenvalue weighted by Crippen LogP contribution is -2.40. The van der Waals surface area contributed by atoms with Crippen molar-refractivity contribution in [2.24, 2.45) is 11.7 Å². The molecule has 3 heteroatoms. The molecule has 3 nitrogen and oxygen atoms in total. The third-order valence-corrected chi connectivity index (χ3v) is 4.29. The highest BCUT2D eigenvalue weighted by Gasteiger charge is 2.25. The summed E-state index contributed by atoms with van der Waals surface area (Å²) in [7, 11) is 1.70. The van der Waals surface area contributed by atoms with E-state index in [1.807, 2.05) is 12.1 Å². The van der Waals surface area contributed by atoms with Crippen LogP contribution in [0.1, 0.15) is 37.8 Å². The van der Waals surface area contributed by atoms with E-state index in [0.717, 1.165) is 11.7 Å². The Hall–Kier alpha value is -1.06. The molecule has 0 aliphatic carbocycles. The normalized spacial score (nSPS) is 22.2. The van der Waals surface area contributed by atoms with Gasteiger partial charge in [-0.05, 0) is 43.0 Å². The third kappa shape index (κ3) is 3.48. The van der Waals surface area contributed by atoms with Crippen molar-refractivity contribution in [2.75, 3.05) is 26.7 Å². The summed E-state index contributed by atoms with van der Waals surface area (Å²) in [4.78, 5) is 2.56. The fraction of sp³-hybridized carbons (Fsp3) is 0.625. The van der Waals surface area contributed by atoms with E-state index in [9.17, 15) is 0 Å². The molecule has 0 aromatic heterocycles. The molecule has 1 aromatic carbocycles. The summed E-state index contributed by atoms with van der Waals surface area (Å²) in [5.41, 5.74) is 7.33. The predicted octanol–water partition coefficient (Wildman–Crippen LogP) is 2.82. The number of piperidine rings is 1. The molecule has 1 aromatic rings. The lowest BCUT2D eigenvalue weighted by Gasteiger charge is -2.38. The Morgan fingerprint density at radius 2 is 2.11 bits per heavy atom. The minimum Gasteiger partial charge on any atom is -0.497 e. The van der Waals surface area contributed by atoms with Gasteiger partial charge in [-0.1, -0.05) is 25.5 Å². The van der Waals surface area contributed by atoms with Crippen molar-refractivity contribution in [3.05, 3.63) is 29.8 Å². The first-order valence-electron chi connectivity index (χ1n) is 7.36. The van der Waals surface area contributed by atoms with Crippen LogP contribution in [0.4, 0.5) is 0 Å². The molecule has 1 aliphatic rings. The molecular weight excluding hydrogens is 236 g/mol. The van der Waals surface area contributed by atoms with E-state index in [4.69, 9.17) is 10.5 Å². The van der Waals surface area contributed by atoms with Gasteiger partial charge in [0.05, 0.1) is 7.11 Å². The second-order valence-electron chi connectivity index (χ2n) is 5.44. The van der Waals surface area contributed by atoms with Gasteiger partial charge in [0, 0.05) is 19.1 Å². The molecular formula is C16H26N2O. The van der Waals surface area contributed by atoms with Crippen molar-refractivity contribution in [3.8, 4) is 5.75 Å². The molecule has 1 saturated heterocycles. The molecule has 0 spiro atoms. The lowest BCUT2D eigenvalue weighted by atomic mass is 9.93. The molecule has 2 unspecified atom stereocenters. The highest BCUT2D eigenvalue weighted by atomic mass is 16.5. The van der Waals surface area contributed by atoms with Gasteiger partial charge in [-0.25, -0.2) is 0 Å². The number of nitrogens with two attached hydrogens (primary N) is 1. The number of rotatable bonds is 5. The standard InChI is InChI=1S/C16H26N2O/c1-3-13-5-4-10-18(12-13)16(11-17)14-6-8-15(19-2)9-7-14/h6-9,13,16H,3-5,10-12,17H2,1-2H3. The summed E-state index contributed by atoms with van der Waals surface area (Å²) in [5.74, 6) is 1.74. The average molecular weight is 262 g/mol. The molecule has 2 rings (SSSR count). The van der Waals surface area contributed by atoms with Crippen molar-refractivity contribution in [1.82, 2.24) is 4.90 Å². The van der Waals surface area contributed by atoms with E-state index in [0.29, 0.717) is 12.6 Å². The smallest absolute Gasteiger partial charge is 0.118 e. The van der Waals surface area contributed by atoms with Gasteiger partial charge in [-0.3, -0.25) is 4.90 Å². The molecule has 2 N–H and O–H groups in total. The Bertz CT molecular complexity index is 377. The summed E-state index contributed by atoms with van der Waals surface area (Å²) in [6.45, 7) is 5.33. The van der Waals surface area contributed by atoms with Crippen molar-refractivity contribution < 1.29 is 4.74 Å². The highest BCUT2D eigenvalue weighted by molar-refractivity contribution is 5.29. The van der Waals surface area contributed by atoms with Crippen molar-refractivity contribution in [3.63, 3.8) is 0 Å². The minimum absolute atomic E-state index is 0.347. The fourth-order valence-electron chi connectivity index (χ4n) is 3.04. The number of methoxy groups -OCH3 is 1. The number of nitrogens with zero attached hydrogens (tertiary/aromatic N) is 1. The van der Waals surface area contributed by atoms with E-state index in [2.05, 4.69) is 24.0 Å². The van der Waals surface area contributed by atoms with Crippen molar-refractivity contribution in [2.45, 2.75) is 32.2 Å². The Morgan fingerprint density at radius 1 is 1.37 bits per heavy atom. The summed E-state index contributed by atoms with van der Waals surface area (Å²) < 4.78 is 5.22. The maximum absolute atomic E-state index is 6.02. The third-order valence-electron chi connectivity index (χ3n) is 4.29. The Kier molecular flexibility index (Phi) is 5.23. The van der Waals surface area contributed by atoms with E-state index < -0.39 is 0 Å². The molecule has 19 heavy (non-hydrogen) atoms.